The number of ether oxygens (including phenoxy) is 1. The zero-order valence-corrected chi connectivity index (χ0v) is 14.9. The maximum atomic E-state index is 13.2. The fourth-order valence-corrected chi connectivity index (χ4v) is 2.80. The van der Waals surface area contributed by atoms with E-state index in [4.69, 9.17) is 16.3 Å². The van der Waals surface area contributed by atoms with Crippen LogP contribution in [0.5, 0.6) is 0 Å². The lowest BCUT2D eigenvalue weighted by Crippen LogP contribution is -2.39. The minimum Gasteiger partial charge on any atom is -0.384 e. The van der Waals surface area contributed by atoms with Crippen molar-refractivity contribution in [2.75, 3.05) is 50.0 Å². The minimum atomic E-state index is -0.533. The van der Waals surface area contributed by atoms with Crippen molar-refractivity contribution in [3.63, 3.8) is 0 Å². The highest BCUT2D eigenvalue weighted by Crippen LogP contribution is 2.20. The molecule has 0 atom stereocenters. The number of benzene rings is 1. The van der Waals surface area contributed by atoms with Crippen LogP contribution in [0.2, 0.25) is 5.02 Å². The van der Waals surface area contributed by atoms with E-state index in [1.807, 2.05) is 6.07 Å². The number of carbonyl (C=O) groups excluding carboxylic acids is 1. The number of anilines is 2. The van der Waals surface area contributed by atoms with Gasteiger partial charge in [-0.3, -0.25) is 14.7 Å². The molecule has 1 saturated heterocycles. The van der Waals surface area contributed by atoms with Gasteiger partial charge >= 0.3 is 0 Å². The number of amides is 1. The Morgan fingerprint density at radius 2 is 2.04 bits per heavy atom. The molecule has 1 amide bonds. The van der Waals surface area contributed by atoms with Gasteiger partial charge in [-0.05, 0) is 30.3 Å². The average molecular weight is 379 g/mol. The first-order chi connectivity index (χ1) is 12.6. The number of morpholine rings is 1. The van der Waals surface area contributed by atoms with Crippen molar-refractivity contribution < 1.29 is 13.9 Å². The molecular weight excluding hydrogens is 359 g/mol. The number of nitrogens with zero attached hydrogens (tertiary/aromatic N) is 2. The Balaban J connectivity index is 1.55. The minimum absolute atomic E-state index is 0.0470. The normalized spacial score (nSPS) is 14.8. The third-order valence-electron chi connectivity index (χ3n) is 4.03. The number of rotatable bonds is 6. The van der Waals surface area contributed by atoms with Gasteiger partial charge < -0.3 is 15.4 Å². The van der Waals surface area contributed by atoms with Crippen LogP contribution in [0.3, 0.4) is 0 Å². The van der Waals surface area contributed by atoms with E-state index in [9.17, 15) is 9.18 Å². The van der Waals surface area contributed by atoms with E-state index in [-0.39, 0.29) is 16.6 Å². The van der Waals surface area contributed by atoms with Crippen LogP contribution in [0.1, 0.15) is 10.5 Å². The molecule has 0 aliphatic carbocycles. The predicted molar refractivity (Wildman–Crippen MR) is 99.3 cm³/mol. The molecule has 0 unspecified atom stereocenters. The molecule has 1 aromatic carbocycles. The Morgan fingerprint density at radius 1 is 1.23 bits per heavy atom. The van der Waals surface area contributed by atoms with Gasteiger partial charge in [-0.2, -0.15) is 0 Å². The predicted octanol–water partition coefficient (Wildman–Crippen LogP) is 2.87. The van der Waals surface area contributed by atoms with Crippen molar-refractivity contribution in [3.8, 4) is 0 Å². The van der Waals surface area contributed by atoms with Gasteiger partial charge in [0.05, 0.1) is 18.2 Å². The van der Waals surface area contributed by atoms with Crippen LogP contribution < -0.4 is 10.6 Å². The summed E-state index contributed by atoms with van der Waals surface area (Å²) in [6, 6.07) is 7.50. The zero-order valence-electron chi connectivity index (χ0n) is 14.2. The van der Waals surface area contributed by atoms with Gasteiger partial charge in [0.15, 0.2) is 0 Å². The van der Waals surface area contributed by atoms with Gasteiger partial charge in [0.25, 0.3) is 5.91 Å². The van der Waals surface area contributed by atoms with Crippen LogP contribution in [0.25, 0.3) is 0 Å². The standard InChI is InChI=1S/C18H20ClFN4O2/c19-15-11-14(1-2-16(15)20)23-18(25)17-12-13(3-4-22-17)21-5-6-24-7-9-26-10-8-24/h1-4,11-12H,5-10H2,(H,21,22)(H,23,25). The molecule has 0 spiro atoms. The molecule has 2 aromatic rings. The fourth-order valence-electron chi connectivity index (χ4n) is 2.62. The molecule has 26 heavy (non-hydrogen) atoms. The molecule has 3 rings (SSSR count). The lowest BCUT2D eigenvalue weighted by molar-refractivity contribution is 0.0398. The van der Waals surface area contributed by atoms with Gasteiger partial charge in [-0.15, -0.1) is 0 Å². The quantitative estimate of drug-likeness (QED) is 0.809. The Bertz CT molecular complexity index is 769. The smallest absolute Gasteiger partial charge is 0.274 e. The monoisotopic (exact) mass is 378 g/mol. The summed E-state index contributed by atoms with van der Waals surface area (Å²) in [6.45, 7) is 5.08. The molecule has 1 aliphatic heterocycles. The molecule has 1 aliphatic rings. The van der Waals surface area contributed by atoms with Crippen molar-refractivity contribution in [2.45, 2.75) is 0 Å². The first-order valence-corrected chi connectivity index (χ1v) is 8.76. The largest absolute Gasteiger partial charge is 0.384 e. The van der Waals surface area contributed by atoms with Gasteiger partial charge in [-0.1, -0.05) is 11.6 Å². The highest BCUT2D eigenvalue weighted by atomic mass is 35.5. The summed E-state index contributed by atoms with van der Waals surface area (Å²) in [5.74, 6) is -0.918. The van der Waals surface area contributed by atoms with E-state index >= 15 is 0 Å². The second-order valence-electron chi connectivity index (χ2n) is 5.89. The molecule has 2 N–H and O–H groups in total. The van der Waals surface area contributed by atoms with Crippen molar-refractivity contribution in [2.24, 2.45) is 0 Å². The Hall–Kier alpha value is -2.22. The van der Waals surface area contributed by atoms with Gasteiger partial charge in [0.2, 0.25) is 0 Å². The number of halogens is 2. The highest BCUT2D eigenvalue weighted by molar-refractivity contribution is 6.31. The van der Waals surface area contributed by atoms with E-state index in [0.29, 0.717) is 5.69 Å². The van der Waals surface area contributed by atoms with Crippen LogP contribution in [0.15, 0.2) is 36.5 Å². The fraction of sp³-hybridized carbons (Fsp3) is 0.333. The molecule has 0 radical (unpaired) electrons. The zero-order chi connectivity index (χ0) is 18.4. The van der Waals surface area contributed by atoms with E-state index < -0.39 is 5.82 Å². The SMILES string of the molecule is O=C(Nc1ccc(F)c(Cl)c1)c1cc(NCCN2CCOCC2)ccn1. The third-order valence-corrected chi connectivity index (χ3v) is 4.32. The summed E-state index contributed by atoms with van der Waals surface area (Å²) in [5, 5.41) is 5.91. The molecular formula is C18H20ClFN4O2. The second kappa shape index (κ2) is 8.93. The molecule has 2 heterocycles. The molecule has 0 saturated carbocycles. The number of carbonyl (C=O) groups is 1. The molecule has 6 nitrogen and oxygen atoms in total. The van der Waals surface area contributed by atoms with Crippen LogP contribution >= 0.6 is 11.6 Å². The molecule has 1 aromatic heterocycles. The van der Waals surface area contributed by atoms with Gasteiger partial charge in [0.1, 0.15) is 11.5 Å². The Labute approximate surface area is 156 Å². The number of nitrogens with one attached hydrogen (secondary N) is 2. The lowest BCUT2D eigenvalue weighted by atomic mass is 10.2. The Kier molecular flexibility index (Phi) is 6.38. The summed E-state index contributed by atoms with van der Waals surface area (Å²) in [4.78, 5) is 18.7. The first kappa shape index (κ1) is 18.6. The third kappa shape index (κ3) is 5.14. The Morgan fingerprint density at radius 3 is 2.81 bits per heavy atom. The number of pyridine rings is 1. The maximum Gasteiger partial charge on any atom is 0.274 e. The summed E-state index contributed by atoms with van der Waals surface area (Å²) in [5.41, 5.74) is 1.49. The summed E-state index contributed by atoms with van der Waals surface area (Å²) >= 11 is 5.73. The van der Waals surface area contributed by atoms with E-state index in [1.54, 1.807) is 12.3 Å². The number of hydrogen-bond acceptors (Lipinski definition) is 5. The summed E-state index contributed by atoms with van der Waals surface area (Å²) in [7, 11) is 0. The van der Waals surface area contributed by atoms with E-state index in [2.05, 4.69) is 20.5 Å². The topological polar surface area (TPSA) is 66.5 Å². The second-order valence-corrected chi connectivity index (χ2v) is 6.30. The molecule has 0 bridgehead atoms. The van der Waals surface area contributed by atoms with Gasteiger partial charge in [0, 0.05) is 43.8 Å². The molecule has 1 fully saturated rings. The van der Waals surface area contributed by atoms with Crippen LogP contribution in [-0.2, 0) is 4.74 Å². The van der Waals surface area contributed by atoms with Crippen molar-refractivity contribution in [3.05, 3.63) is 53.1 Å². The van der Waals surface area contributed by atoms with Crippen LogP contribution in [-0.4, -0.2) is 55.2 Å². The number of hydrogen-bond donors (Lipinski definition) is 2. The van der Waals surface area contributed by atoms with Crippen molar-refractivity contribution >= 4 is 28.9 Å². The molecule has 138 valence electrons. The van der Waals surface area contributed by atoms with E-state index in [0.717, 1.165) is 45.1 Å². The highest BCUT2D eigenvalue weighted by Gasteiger charge is 2.11. The number of aromatic nitrogens is 1. The van der Waals surface area contributed by atoms with E-state index in [1.165, 1.54) is 18.2 Å². The van der Waals surface area contributed by atoms with Crippen molar-refractivity contribution in [1.29, 1.82) is 0 Å². The average Bonchev–Trinajstić information content (AvgIpc) is 2.66. The molecule has 8 heteroatoms. The maximum absolute atomic E-state index is 13.2. The van der Waals surface area contributed by atoms with Gasteiger partial charge in [-0.25, -0.2) is 4.39 Å². The lowest BCUT2D eigenvalue weighted by Gasteiger charge is -2.26. The van der Waals surface area contributed by atoms with Crippen LogP contribution in [0, 0.1) is 5.82 Å². The summed E-state index contributed by atoms with van der Waals surface area (Å²) in [6.07, 6.45) is 1.57. The summed E-state index contributed by atoms with van der Waals surface area (Å²) < 4.78 is 18.5. The first-order valence-electron chi connectivity index (χ1n) is 8.38. The van der Waals surface area contributed by atoms with Crippen molar-refractivity contribution in [1.82, 2.24) is 9.88 Å². The van der Waals surface area contributed by atoms with Crippen LogP contribution in [0.4, 0.5) is 15.8 Å².